The van der Waals surface area contributed by atoms with E-state index in [0.717, 1.165) is 23.4 Å². The van der Waals surface area contributed by atoms with Gasteiger partial charge in [0.25, 0.3) is 0 Å². The van der Waals surface area contributed by atoms with E-state index in [-0.39, 0.29) is 11.9 Å². The van der Waals surface area contributed by atoms with Crippen molar-refractivity contribution in [3.63, 3.8) is 0 Å². The summed E-state index contributed by atoms with van der Waals surface area (Å²) in [6.07, 6.45) is 8.42. The smallest absolute Gasteiger partial charge is 0.241 e. The largest absolute Gasteiger partial charge is 0.345 e. The lowest BCUT2D eigenvalue weighted by molar-refractivity contribution is -0.118. The standard InChI is InChI=1S/C19H26N4O/c1-13-5-3-4-6-17(13)22-14(2)19(24)23-16-9-7-15(8-10-16)18-11-20-12-21-18/h7-14,17,22H,3-6H2,1-2H3,(H,20,21)(H,23,24)/t13-,14+,17+/m1/s1. The Balaban J connectivity index is 1.55. The van der Waals surface area contributed by atoms with Crippen molar-refractivity contribution in [3.05, 3.63) is 36.8 Å². The third kappa shape index (κ3) is 4.03. The molecule has 5 nitrogen and oxygen atoms in total. The number of aromatic nitrogens is 2. The van der Waals surface area contributed by atoms with Gasteiger partial charge in [-0.1, -0.05) is 31.9 Å². The van der Waals surface area contributed by atoms with E-state index in [0.29, 0.717) is 12.0 Å². The first kappa shape index (κ1) is 16.7. The average Bonchev–Trinajstić information content (AvgIpc) is 3.12. The number of H-pyrrole nitrogens is 1. The molecule has 3 rings (SSSR count). The van der Waals surface area contributed by atoms with Crippen molar-refractivity contribution in [2.75, 3.05) is 5.32 Å². The fourth-order valence-electron chi connectivity index (χ4n) is 3.36. The van der Waals surface area contributed by atoms with Crippen LogP contribution < -0.4 is 10.6 Å². The van der Waals surface area contributed by atoms with Crippen LogP contribution in [0.25, 0.3) is 11.3 Å². The van der Waals surface area contributed by atoms with Gasteiger partial charge in [-0.15, -0.1) is 0 Å². The molecule has 3 atom stereocenters. The number of hydrogen-bond acceptors (Lipinski definition) is 3. The minimum atomic E-state index is -0.192. The Kier molecular flexibility index (Phi) is 5.30. The molecule has 0 radical (unpaired) electrons. The molecular formula is C19H26N4O. The maximum Gasteiger partial charge on any atom is 0.241 e. The SMILES string of the molecule is C[C@H](N[C@H]1CCCC[C@H]1C)C(=O)Nc1ccc(-c2cnc[nH]2)cc1. The summed E-state index contributed by atoms with van der Waals surface area (Å²) in [7, 11) is 0. The summed E-state index contributed by atoms with van der Waals surface area (Å²) >= 11 is 0. The van der Waals surface area contributed by atoms with Gasteiger partial charge in [-0.25, -0.2) is 4.98 Å². The van der Waals surface area contributed by atoms with E-state index >= 15 is 0 Å². The Labute approximate surface area is 143 Å². The Morgan fingerprint density at radius 2 is 2.00 bits per heavy atom. The molecule has 1 aliphatic rings. The molecule has 1 aliphatic carbocycles. The van der Waals surface area contributed by atoms with Crippen molar-refractivity contribution in [3.8, 4) is 11.3 Å². The Bertz CT molecular complexity index is 651. The quantitative estimate of drug-likeness (QED) is 0.786. The molecule has 1 heterocycles. The highest BCUT2D eigenvalue weighted by Crippen LogP contribution is 2.24. The van der Waals surface area contributed by atoms with Gasteiger partial charge >= 0.3 is 0 Å². The number of rotatable bonds is 5. The maximum atomic E-state index is 12.4. The monoisotopic (exact) mass is 326 g/mol. The highest BCUT2D eigenvalue weighted by Gasteiger charge is 2.24. The molecule has 1 fully saturated rings. The number of nitrogens with one attached hydrogen (secondary N) is 3. The van der Waals surface area contributed by atoms with Crippen LogP contribution >= 0.6 is 0 Å². The van der Waals surface area contributed by atoms with Crippen molar-refractivity contribution in [1.29, 1.82) is 0 Å². The van der Waals surface area contributed by atoms with Crippen LogP contribution in [-0.2, 0) is 4.79 Å². The van der Waals surface area contributed by atoms with Crippen LogP contribution in [0.1, 0.15) is 39.5 Å². The summed E-state index contributed by atoms with van der Waals surface area (Å²) in [6, 6.07) is 8.05. The predicted octanol–water partition coefficient (Wildman–Crippen LogP) is 3.57. The molecule has 0 aliphatic heterocycles. The molecule has 0 saturated heterocycles. The third-order valence-corrected chi connectivity index (χ3v) is 4.93. The molecule has 1 aromatic carbocycles. The summed E-state index contributed by atoms with van der Waals surface area (Å²) in [4.78, 5) is 19.5. The van der Waals surface area contributed by atoms with Gasteiger partial charge in [0, 0.05) is 11.7 Å². The molecule has 5 heteroatoms. The van der Waals surface area contributed by atoms with E-state index < -0.39 is 0 Å². The summed E-state index contributed by atoms with van der Waals surface area (Å²) < 4.78 is 0. The van der Waals surface area contributed by atoms with Gasteiger partial charge in [-0.05, 0) is 43.4 Å². The number of nitrogens with zero attached hydrogens (tertiary/aromatic N) is 1. The molecule has 2 aromatic rings. The van der Waals surface area contributed by atoms with E-state index in [9.17, 15) is 4.79 Å². The van der Waals surface area contributed by atoms with Crippen LogP contribution in [0.2, 0.25) is 0 Å². The van der Waals surface area contributed by atoms with E-state index in [4.69, 9.17) is 0 Å². The number of benzene rings is 1. The molecule has 1 aromatic heterocycles. The number of carbonyl (C=O) groups is 1. The first-order valence-electron chi connectivity index (χ1n) is 8.79. The van der Waals surface area contributed by atoms with Gasteiger partial charge in [0.1, 0.15) is 0 Å². The van der Waals surface area contributed by atoms with Gasteiger partial charge in [0.2, 0.25) is 5.91 Å². The lowest BCUT2D eigenvalue weighted by atomic mass is 9.85. The van der Waals surface area contributed by atoms with Crippen molar-refractivity contribution in [1.82, 2.24) is 15.3 Å². The molecule has 1 saturated carbocycles. The van der Waals surface area contributed by atoms with Crippen molar-refractivity contribution in [2.24, 2.45) is 5.92 Å². The summed E-state index contributed by atoms with van der Waals surface area (Å²) in [5.74, 6) is 0.657. The normalized spacial score (nSPS) is 22.1. The minimum Gasteiger partial charge on any atom is -0.345 e. The molecule has 1 amide bonds. The highest BCUT2D eigenvalue weighted by molar-refractivity contribution is 5.94. The second-order valence-electron chi connectivity index (χ2n) is 6.79. The summed E-state index contributed by atoms with van der Waals surface area (Å²) in [6.45, 7) is 4.21. The molecule has 0 unspecified atom stereocenters. The first-order chi connectivity index (χ1) is 11.6. The van der Waals surface area contributed by atoms with E-state index in [1.165, 1.54) is 19.3 Å². The minimum absolute atomic E-state index is 0.0158. The van der Waals surface area contributed by atoms with Crippen LogP contribution in [0.15, 0.2) is 36.8 Å². The molecule has 128 valence electrons. The van der Waals surface area contributed by atoms with E-state index in [1.807, 2.05) is 31.2 Å². The van der Waals surface area contributed by atoms with Gasteiger partial charge in [0.05, 0.1) is 24.3 Å². The first-order valence-corrected chi connectivity index (χ1v) is 8.79. The fourth-order valence-corrected chi connectivity index (χ4v) is 3.36. The van der Waals surface area contributed by atoms with Crippen LogP contribution in [0.3, 0.4) is 0 Å². The molecule has 24 heavy (non-hydrogen) atoms. The van der Waals surface area contributed by atoms with Crippen molar-refractivity contribution in [2.45, 2.75) is 51.6 Å². The predicted molar refractivity (Wildman–Crippen MR) is 96.7 cm³/mol. The van der Waals surface area contributed by atoms with Crippen LogP contribution in [0.4, 0.5) is 5.69 Å². The lowest BCUT2D eigenvalue weighted by Crippen LogP contribution is -2.47. The van der Waals surface area contributed by atoms with E-state index in [2.05, 4.69) is 27.5 Å². The van der Waals surface area contributed by atoms with E-state index in [1.54, 1.807) is 12.5 Å². The number of hydrogen-bond donors (Lipinski definition) is 3. The third-order valence-electron chi connectivity index (χ3n) is 4.93. The number of anilines is 1. The topological polar surface area (TPSA) is 69.8 Å². The number of amides is 1. The fraction of sp³-hybridized carbons (Fsp3) is 0.474. The maximum absolute atomic E-state index is 12.4. The zero-order valence-corrected chi connectivity index (χ0v) is 14.4. The van der Waals surface area contributed by atoms with Crippen molar-refractivity contribution >= 4 is 11.6 Å². The lowest BCUT2D eigenvalue weighted by Gasteiger charge is -2.31. The summed E-state index contributed by atoms with van der Waals surface area (Å²) in [5, 5.41) is 6.49. The highest BCUT2D eigenvalue weighted by atomic mass is 16.2. The molecule has 0 bridgehead atoms. The molecular weight excluding hydrogens is 300 g/mol. The zero-order valence-electron chi connectivity index (χ0n) is 14.4. The number of imidazole rings is 1. The number of carbonyl (C=O) groups excluding carboxylic acids is 1. The second-order valence-corrected chi connectivity index (χ2v) is 6.79. The average molecular weight is 326 g/mol. The Hall–Kier alpha value is -2.14. The van der Waals surface area contributed by atoms with Crippen molar-refractivity contribution < 1.29 is 4.79 Å². The van der Waals surface area contributed by atoms with Gasteiger partial charge in [-0.3, -0.25) is 4.79 Å². The van der Waals surface area contributed by atoms with Gasteiger partial charge in [-0.2, -0.15) is 0 Å². The Morgan fingerprint density at radius 1 is 1.25 bits per heavy atom. The van der Waals surface area contributed by atoms with Gasteiger partial charge < -0.3 is 15.6 Å². The van der Waals surface area contributed by atoms with Crippen LogP contribution in [0.5, 0.6) is 0 Å². The number of aromatic amines is 1. The zero-order chi connectivity index (χ0) is 16.9. The molecule has 3 N–H and O–H groups in total. The van der Waals surface area contributed by atoms with Gasteiger partial charge in [0.15, 0.2) is 0 Å². The summed E-state index contributed by atoms with van der Waals surface area (Å²) in [5.41, 5.74) is 2.83. The van der Waals surface area contributed by atoms with Crippen LogP contribution in [-0.4, -0.2) is 28.0 Å². The Morgan fingerprint density at radius 3 is 2.67 bits per heavy atom. The molecule has 0 spiro atoms. The van der Waals surface area contributed by atoms with Crippen LogP contribution in [0, 0.1) is 5.92 Å². The second kappa shape index (κ2) is 7.62.